The number of ether oxygens (including phenoxy) is 3. The zero-order valence-electron chi connectivity index (χ0n) is 22.5. The molecular formula is C27H43N3O6. The van der Waals surface area contributed by atoms with Crippen LogP contribution in [0.3, 0.4) is 0 Å². The van der Waals surface area contributed by atoms with Crippen LogP contribution in [-0.4, -0.2) is 67.0 Å². The van der Waals surface area contributed by atoms with Crippen LogP contribution in [0.1, 0.15) is 59.9 Å². The average molecular weight is 506 g/mol. The highest BCUT2D eigenvalue weighted by Crippen LogP contribution is 2.22. The van der Waals surface area contributed by atoms with Gasteiger partial charge in [0.2, 0.25) is 11.8 Å². The van der Waals surface area contributed by atoms with Gasteiger partial charge in [-0.05, 0) is 44.1 Å². The molecule has 0 unspecified atom stereocenters. The van der Waals surface area contributed by atoms with Gasteiger partial charge < -0.3 is 29.7 Å². The molecule has 0 aliphatic carbocycles. The Bertz CT molecular complexity index is 826. The maximum Gasteiger partial charge on any atom is 0.408 e. The van der Waals surface area contributed by atoms with Crippen molar-refractivity contribution in [1.82, 2.24) is 15.5 Å². The van der Waals surface area contributed by atoms with Crippen LogP contribution in [0.4, 0.5) is 4.79 Å². The highest BCUT2D eigenvalue weighted by Gasteiger charge is 2.40. The molecular weight excluding hydrogens is 462 g/mol. The van der Waals surface area contributed by atoms with Crippen molar-refractivity contribution in [3.63, 3.8) is 0 Å². The first kappa shape index (κ1) is 29.6. The molecule has 1 fully saturated rings. The molecule has 2 rings (SSSR count). The number of alkyl carbamates (subject to hydrolysis) is 1. The van der Waals surface area contributed by atoms with Crippen molar-refractivity contribution < 1.29 is 28.6 Å². The van der Waals surface area contributed by atoms with Crippen molar-refractivity contribution in [2.45, 2.75) is 85.4 Å². The molecule has 0 spiro atoms. The van der Waals surface area contributed by atoms with Gasteiger partial charge in [-0.25, -0.2) is 4.79 Å². The van der Waals surface area contributed by atoms with E-state index in [0.717, 1.165) is 5.56 Å². The van der Waals surface area contributed by atoms with Crippen molar-refractivity contribution in [1.29, 1.82) is 0 Å². The van der Waals surface area contributed by atoms with Crippen molar-refractivity contribution in [3.05, 3.63) is 35.9 Å². The molecule has 36 heavy (non-hydrogen) atoms. The number of hydrogen-bond acceptors (Lipinski definition) is 6. The van der Waals surface area contributed by atoms with E-state index in [9.17, 15) is 14.4 Å². The molecule has 0 aromatic heterocycles. The normalized spacial score (nSPS) is 17.4. The minimum atomic E-state index is -0.804. The summed E-state index contributed by atoms with van der Waals surface area (Å²) in [4.78, 5) is 40.9. The first-order valence-electron chi connectivity index (χ1n) is 13.0. The second-order valence-corrected chi connectivity index (χ2v) is 9.67. The van der Waals surface area contributed by atoms with E-state index < -0.39 is 24.5 Å². The number of nitrogens with zero attached hydrogens (tertiary/aromatic N) is 1. The Kier molecular flexibility index (Phi) is 12.2. The number of amides is 3. The molecule has 1 aliphatic heterocycles. The SMILES string of the molecule is CCOC(OCC)[C@@H](NC(=O)[C@@H]1CCCN1C(=O)[C@@H](NC(=O)OCc1ccccc1)C(C)C)C(C)C. The fourth-order valence-corrected chi connectivity index (χ4v) is 4.28. The van der Waals surface area contributed by atoms with E-state index in [2.05, 4.69) is 10.6 Å². The fourth-order valence-electron chi connectivity index (χ4n) is 4.28. The van der Waals surface area contributed by atoms with Gasteiger partial charge in [0.1, 0.15) is 18.7 Å². The zero-order valence-corrected chi connectivity index (χ0v) is 22.5. The summed E-state index contributed by atoms with van der Waals surface area (Å²) in [5.41, 5.74) is 0.855. The van der Waals surface area contributed by atoms with E-state index in [4.69, 9.17) is 14.2 Å². The van der Waals surface area contributed by atoms with Crippen LogP contribution < -0.4 is 10.6 Å². The summed E-state index contributed by atoms with van der Waals surface area (Å²) < 4.78 is 16.8. The predicted octanol–water partition coefficient (Wildman–Crippen LogP) is 3.47. The number of likely N-dealkylation sites (tertiary alicyclic amines) is 1. The third-order valence-electron chi connectivity index (χ3n) is 6.24. The Hall–Kier alpha value is -2.65. The van der Waals surface area contributed by atoms with E-state index in [1.165, 1.54) is 0 Å². The summed E-state index contributed by atoms with van der Waals surface area (Å²) in [5, 5.41) is 5.77. The van der Waals surface area contributed by atoms with Gasteiger partial charge in [0.25, 0.3) is 0 Å². The van der Waals surface area contributed by atoms with Crippen molar-refractivity contribution in [3.8, 4) is 0 Å². The van der Waals surface area contributed by atoms with Gasteiger partial charge >= 0.3 is 6.09 Å². The summed E-state index contributed by atoms with van der Waals surface area (Å²) in [6, 6.07) is 7.55. The summed E-state index contributed by atoms with van der Waals surface area (Å²) >= 11 is 0. The topological polar surface area (TPSA) is 106 Å². The first-order chi connectivity index (χ1) is 17.2. The molecule has 9 heteroatoms. The van der Waals surface area contributed by atoms with Gasteiger partial charge in [0.15, 0.2) is 6.29 Å². The van der Waals surface area contributed by atoms with Crippen LogP contribution in [0.15, 0.2) is 30.3 Å². The Morgan fingerprint density at radius 3 is 2.17 bits per heavy atom. The second-order valence-electron chi connectivity index (χ2n) is 9.67. The van der Waals surface area contributed by atoms with Crippen LogP contribution in [0.5, 0.6) is 0 Å². The minimum absolute atomic E-state index is 0.0621. The summed E-state index contributed by atoms with van der Waals surface area (Å²) in [7, 11) is 0. The van der Waals surface area contributed by atoms with E-state index in [-0.39, 0.29) is 36.3 Å². The van der Waals surface area contributed by atoms with Crippen LogP contribution in [-0.2, 0) is 30.4 Å². The van der Waals surface area contributed by atoms with Gasteiger partial charge in [0.05, 0.1) is 6.04 Å². The third kappa shape index (κ3) is 8.48. The van der Waals surface area contributed by atoms with Gasteiger partial charge in [0, 0.05) is 19.8 Å². The molecule has 2 N–H and O–H groups in total. The van der Waals surface area contributed by atoms with E-state index in [0.29, 0.717) is 32.6 Å². The fraction of sp³-hybridized carbons (Fsp3) is 0.667. The van der Waals surface area contributed by atoms with E-state index in [1.54, 1.807) is 4.90 Å². The van der Waals surface area contributed by atoms with Gasteiger partial charge in [-0.1, -0.05) is 58.0 Å². The number of hydrogen-bond donors (Lipinski definition) is 2. The molecule has 3 amide bonds. The Labute approximate surface area is 215 Å². The summed E-state index contributed by atoms with van der Waals surface area (Å²) in [6.07, 6.45) is 0.0283. The molecule has 9 nitrogen and oxygen atoms in total. The lowest BCUT2D eigenvalue weighted by Crippen LogP contribution is -2.58. The first-order valence-corrected chi connectivity index (χ1v) is 13.0. The minimum Gasteiger partial charge on any atom is -0.445 e. The average Bonchev–Trinajstić information content (AvgIpc) is 3.34. The van der Waals surface area contributed by atoms with Gasteiger partial charge in [-0.3, -0.25) is 9.59 Å². The molecule has 1 aromatic rings. The standard InChI is InChI=1S/C27H43N3O6/c1-7-34-26(35-8-2)23(19(5)6)28-24(31)21-15-12-16-30(21)25(32)22(18(3)4)29-27(33)36-17-20-13-10-9-11-14-20/h9-11,13-14,18-19,21-23,26H,7-8,12,15-17H2,1-6H3,(H,28,31)(H,29,33)/t21-,22-,23-/m0/s1. The van der Waals surface area contributed by atoms with Crippen molar-refractivity contribution >= 4 is 17.9 Å². The van der Waals surface area contributed by atoms with Crippen LogP contribution in [0.25, 0.3) is 0 Å². The number of rotatable bonds is 13. The maximum atomic E-state index is 13.5. The molecule has 1 saturated heterocycles. The Balaban J connectivity index is 2.06. The van der Waals surface area contributed by atoms with E-state index in [1.807, 2.05) is 71.9 Å². The molecule has 1 heterocycles. The monoisotopic (exact) mass is 505 g/mol. The highest BCUT2D eigenvalue weighted by molar-refractivity contribution is 5.92. The molecule has 3 atom stereocenters. The van der Waals surface area contributed by atoms with Gasteiger partial charge in [-0.2, -0.15) is 0 Å². The number of carbonyl (C=O) groups is 3. The molecule has 202 valence electrons. The molecule has 0 radical (unpaired) electrons. The molecule has 0 saturated carbocycles. The lowest BCUT2D eigenvalue weighted by Gasteiger charge is -2.34. The van der Waals surface area contributed by atoms with Gasteiger partial charge in [-0.15, -0.1) is 0 Å². The number of benzene rings is 1. The number of nitrogens with one attached hydrogen (secondary N) is 2. The Morgan fingerprint density at radius 1 is 0.972 bits per heavy atom. The Morgan fingerprint density at radius 2 is 1.61 bits per heavy atom. The second kappa shape index (κ2) is 14.8. The van der Waals surface area contributed by atoms with Crippen molar-refractivity contribution in [2.75, 3.05) is 19.8 Å². The quantitative estimate of drug-likeness (QED) is 0.398. The summed E-state index contributed by atoms with van der Waals surface area (Å²) in [5.74, 6) is -0.647. The van der Waals surface area contributed by atoms with E-state index >= 15 is 0 Å². The molecule has 0 bridgehead atoms. The van der Waals surface area contributed by atoms with Crippen LogP contribution in [0, 0.1) is 11.8 Å². The highest BCUT2D eigenvalue weighted by atomic mass is 16.7. The molecule has 1 aliphatic rings. The maximum absolute atomic E-state index is 13.5. The van der Waals surface area contributed by atoms with Crippen LogP contribution >= 0.6 is 0 Å². The largest absolute Gasteiger partial charge is 0.445 e. The lowest BCUT2D eigenvalue weighted by atomic mass is 10.0. The number of carbonyl (C=O) groups excluding carboxylic acids is 3. The lowest BCUT2D eigenvalue weighted by molar-refractivity contribution is -0.166. The smallest absolute Gasteiger partial charge is 0.408 e. The van der Waals surface area contributed by atoms with Crippen molar-refractivity contribution in [2.24, 2.45) is 11.8 Å². The van der Waals surface area contributed by atoms with Crippen LogP contribution in [0.2, 0.25) is 0 Å². The molecule has 1 aromatic carbocycles. The predicted molar refractivity (Wildman–Crippen MR) is 137 cm³/mol. The zero-order chi connectivity index (χ0) is 26.7. The summed E-state index contributed by atoms with van der Waals surface area (Å²) in [6.45, 7) is 12.9. The third-order valence-corrected chi connectivity index (χ3v) is 6.24.